The average Bonchev–Trinajstić information content (AvgIpc) is 3.87. The quantitative estimate of drug-likeness (QED) is 0.224. The summed E-state index contributed by atoms with van der Waals surface area (Å²) in [6.07, 6.45) is -0.0482. The molecule has 38 heavy (non-hydrogen) atoms. The molecule has 2 heterocycles. The van der Waals surface area contributed by atoms with Gasteiger partial charge in [-0.2, -0.15) is 0 Å². The van der Waals surface area contributed by atoms with Crippen molar-refractivity contribution in [1.29, 1.82) is 0 Å². The SMILES string of the molecule is O=C(OCC1CO1)c1ccc(OC(=O)c2ccc(C(=O)Oc3ccc(C(=O)OCC4CO4)cc3)cc2)cc1. The Bertz CT molecular complexity index is 1220. The lowest BCUT2D eigenvalue weighted by Crippen LogP contribution is -2.12. The lowest BCUT2D eigenvalue weighted by Gasteiger charge is -2.08. The van der Waals surface area contributed by atoms with Crippen molar-refractivity contribution >= 4 is 23.9 Å². The van der Waals surface area contributed by atoms with Crippen molar-refractivity contribution < 1.29 is 47.6 Å². The van der Waals surface area contributed by atoms with E-state index in [4.69, 9.17) is 28.4 Å². The Morgan fingerprint density at radius 3 is 1.13 bits per heavy atom. The smallest absolute Gasteiger partial charge is 0.343 e. The maximum atomic E-state index is 12.5. The summed E-state index contributed by atoms with van der Waals surface area (Å²) < 4.78 is 30.9. The fourth-order valence-corrected chi connectivity index (χ4v) is 3.22. The largest absolute Gasteiger partial charge is 0.459 e. The van der Waals surface area contributed by atoms with Crippen LogP contribution in [0.4, 0.5) is 0 Å². The molecule has 0 amide bonds. The molecule has 0 N–H and O–H groups in total. The fraction of sp³-hybridized carbons (Fsp3) is 0.214. The Hall–Kier alpha value is -4.54. The third-order valence-corrected chi connectivity index (χ3v) is 5.56. The normalized spacial score (nSPS) is 17.2. The molecule has 5 rings (SSSR count). The van der Waals surface area contributed by atoms with E-state index in [1.165, 1.54) is 72.8 Å². The van der Waals surface area contributed by atoms with E-state index in [1.807, 2.05) is 0 Å². The highest BCUT2D eigenvalue weighted by atomic mass is 16.6. The number of ether oxygens (including phenoxy) is 6. The van der Waals surface area contributed by atoms with Gasteiger partial charge in [-0.1, -0.05) is 0 Å². The van der Waals surface area contributed by atoms with E-state index in [1.54, 1.807) is 0 Å². The van der Waals surface area contributed by atoms with Gasteiger partial charge in [0.05, 0.1) is 35.5 Å². The van der Waals surface area contributed by atoms with Crippen LogP contribution in [0, 0.1) is 0 Å². The molecule has 194 valence electrons. The molecule has 2 fully saturated rings. The topological polar surface area (TPSA) is 130 Å². The molecule has 10 nitrogen and oxygen atoms in total. The summed E-state index contributed by atoms with van der Waals surface area (Å²) in [5.41, 5.74) is 1.08. The molecule has 2 saturated heterocycles. The first-order valence-electron chi connectivity index (χ1n) is 11.8. The van der Waals surface area contributed by atoms with Crippen molar-refractivity contribution in [3.63, 3.8) is 0 Å². The van der Waals surface area contributed by atoms with Crippen LogP contribution in [0.15, 0.2) is 72.8 Å². The molecule has 3 aromatic rings. The molecule has 0 radical (unpaired) electrons. The van der Waals surface area contributed by atoms with Crippen LogP contribution in [0.5, 0.6) is 11.5 Å². The Morgan fingerprint density at radius 1 is 0.526 bits per heavy atom. The van der Waals surface area contributed by atoms with Gasteiger partial charge in [-0.25, -0.2) is 19.2 Å². The molecule has 2 unspecified atom stereocenters. The summed E-state index contributed by atoms with van der Waals surface area (Å²) >= 11 is 0. The lowest BCUT2D eigenvalue weighted by atomic mass is 10.1. The molecule has 0 bridgehead atoms. The van der Waals surface area contributed by atoms with Crippen molar-refractivity contribution in [1.82, 2.24) is 0 Å². The van der Waals surface area contributed by atoms with Crippen molar-refractivity contribution in [2.45, 2.75) is 12.2 Å². The summed E-state index contributed by atoms with van der Waals surface area (Å²) in [5.74, 6) is -1.76. The van der Waals surface area contributed by atoms with Gasteiger partial charge in [-0.05, 0) is 72.8 Å². The highest BCUT2D eigenvalue weighted by Gasteiger charge is 2.25. The highest BCUT2D eigenvalue weighted by Crippen LogP contribution is 2.19. The fourth-order valence-electron chi connectivity index (χ4n) is 3.22. The predicted molar refractivity (Wildman–Crippen MR) is 129 cm³/mol. The van der Waals surface area contributed by atoms with Crippen LogP contribution in [0.25, 0.3) is 0 Å². The Balaban J connectivity index is 1.11. The molecule has 0 spiro atoms. The van der Waals surface area contributed by atoms with E-state index in [9.17, 15) is 19.2 Å². The van der Waals surface area contributed by atoms with E-state index >= 15 is 0 Å². The first-order chi connectivity index (χ1) is 18.4. The summed E-state index contributed by atoms with van der Waals surface area (Å²) in [6.45, 7) is 1.60. The molecule has 0 aromatic heterocycles. The molecule has 10 heteroatoms. The number of rotatable bonds is 10. The number of hydrogen-bond donors (Lipinski definition) is 0. The van der Waals surface area contributed by atoms with E-state index in [2.05, 4.69) is 0 Å². The molecule has 0 aliphatic carbocycles. The predicted octanol–water partition coefficient (Wildman–Crippen LogP) is 3.24. The number of epoxide rings is 2. The summed E-state index contributed by atoms with van der Waals surface area (Å²) in [6, 6.07) is 17.7. The molecule has 3 aromatic carbocycles. The van der Waals surface area contributed by atoms with E-state index in [-0.39, 0.29) is 48.0 Å². The first kappa shape index (κ1) is 25.1. The van der Waals surface area contributed by atoms with Gasteiger partial charge in [0.1, 0.15) is 36.9 Å². The second-order valence-electron chi connectivity index (χ2n) is 8.51. The number of benzene rings is 3. The van der Waals surface area contributed by atoms with Gasteiger partial charge in [-0.3, -0.25) is 0 Å². The Kier molecular flexibility index (Phi) is 7.43. The van der Waals surface area contributed by atoms with Crippen molar-refractivity contribution in [3.8, 4) is 11.5 Å². The van der Waals surface area contributed by atoms with Crippen molar-refractivity contribution in [2.75, 3.05) is 26.4 Å². The monoisotopic (exact) mass is 518 g/mol. The number of hydrogen-bond acceptors (Lipinski definition) is 10. The van der Waals surface area contributed by atoms with E-state index in [0.29, 0.717) is 24.3 Å². The molecule has 2 aliphatic rings. The summed E-state index contributed by atoms with van der Waals surface area (Å²) in [4.78, 5) is 48.9. The van der Waals surface area contributed by atoms with E-state index in [0.717, 1.165) is 0 Å². The second kappa shape index (κ2) is 11.2. The molecule has 0 saturated carbocycles. The Labute approximate surface area is 217 Å². The maximum absolute atomic E-state index is 12.5. The van der Waals surface area contributed by atoms with Crippen LogP contribution in [0.2, 0.25) is 0 Å². The van der Waals surface area contributed by atoms with Crippen LogP contribution in [0.1, 0.15) is 41.4 Å². The lowest BCUT2D eigenvalue weighted by molar-refractivity contribution is 0.0468. The molecule has 2 atom stereocenters. The number of carbonyl (C=O) groups is 4. The van der Waals surface area contributed by atoms with Crippen molar-refractivity contribution in [3.05, 3.63) is 95.1 Å². The van der Waals surface area contributed by atoms with Crippen LogP contribution >= 0.6 is 0 Å². The van der Waals surface area contributed by atoms with Gasteiger partial charge < -0.3 is 28.4 Å². The molecular weight excluding hydrogens is 496 g/mol. The number of carbonyl (C=O) groups excluding carboxylic acids is 4. The van der Waals surface area contributed by atoms with Gasteiger partial charge in [0.25, 0.3) is 0 Å². The highest BCUT2D eigenvalue weighted by molar-refractivity contribution is 5.95. The van der Waals surface area contributed by atoms with E-state index < -0.39 is 23.9 Å². The minimum absolute atomic E-state index is 0.0241. The van der Waals surface area contributed by atoms with Crippen LogP contribution in [0.3, 0.4) is 0 Å². The maximum Gasteiger partial charge on any atom is 0.343 e. The average molecular weight is 518 g/mol. The van der Waals surface area contributed by atoms with Gasteiger partial charge in [-0.15, -0.1) is 0 Å². The third kappa shape index (κ3) is 6.81. The second-order valence-corrected chi connectivity index (χ2v) is 8.51. The molecular formula is C28H22O10. The summed E-state index contributed by atoms with van der Waals surface area (Å²) in [5, 5.41) is 0. The molecule has 2 aliphatic heterocycles. The van der Waals surface area contributed by atoms with Crippen LogP contribution < -0.4 is 9.47 Å². The third-order valence-electron chi connectivity index (χ3n) is 5.56. The first-order valence-corrected chi connectivity index (χ1v) is 11.8. The van der Waals surface area contributed by atoms with Gasteiger partial charge in [0.2, 0.25) is 0 Å². The minimum Gasteiger partial charge on any atom is -0.459 e. The van der Waals surface area contributed by atoms with Crippen LogP contribution in [-0.2, 0) is 18.9 Å². The number of esters is 4. The van der Waals surface area contributed by atoms with Crippen LogP contribution in [-0.4, -0.2) is 62.5 Å². The zero-order valence-electron chi connectivity index (χ0n) is 20.0. The summed E-state index contributed by atoms with van der Waals surface area (Å²) in [7, 11) is 0. The van der Waals surface area contributed by atoms with Crippen molar-refractivity contribution in [2.24, 2.45) is 0 Å². The standard InChI is InChI=1S/C28H22O10/c29-25(35-15-23-13-33-23)17-5-9-21(10-6-17)37-27(31)19-1-2-20(4-3-19)28(32)38-22-11-7-18(8-12-22)26(30)36-16-24-14-34-24/h1-12,23-24H,13-16H2. The van der Waals surface area contributed by atoms with Gasteiger partial charge in [0, 0.05) is 0 Å². The van der Waals surface area contributed by atoms with Gasteiger partial charge in [0.15, 0.2) is 0 Å². The van der Waals surface area contributed by atoms with Gasteiger partial charge >= 0.3 is 23.9 Å². The Morgan fingerprint density at radius 2 is 0.816 bits per heavy atom. The zero-order valence-corrected chi connectivity index (χ0v) is 20.0. The zero-order chi connectivity index (χ0) is 26.5. The minimum atomic E-state index is -0.637.